The monoisotopic (exact) mass is 172 g/mol. The summed E-state index contributed by atoms with van der Waals surface area (Å²) < 4.78 is 4.90. The number of ether oxygens (including phenoxy) is 1. The maximum Gasteiger partial charge on any atom is 0.138 e. The maximum atomic E-state index is 11.4. The van der Waals surface area contributed by atoms with Crippen LogP contribution in [0.15, 0.2) is 0 Å². The van der Waals surface area contributed by atoms with Gasteiger partial charge in [-0.15, -0.1) is 0 Å². The summed E-state index contributed by atoms with van der Waals surface area (Å²) in [6.07, 6.45) is 2.62. The molecule has 0 unspecified atom stereocenters. The van der Waals surface area contributed by atoms with E-state index in [4.69, 9.17) is 4.74 Å². The predicted octanol–water partition coefficient (Wildman–Crippen LogP) is 2.42. The van der Waals surface area contributed by atoms with Crippen LogP contribution in [0.5, 0.6) is 0 Å². The van der Waals surface area contributed by atoms with Crippen molar-refractivity contribution in [2.45, 2.75) is 40.0 Å². The van der Waals surface area contributed by atoms with E-state index in [0.29, 0.717) is 12.2 Å². The van der Waals surface area contributed by atoms with Crippen molar-refractivity contribution in [2.75, 3.05) is 13.7 Å². The Labute approximate surface area is 75.3 Å². The first kappa shape index (κ1) is 11.6. The molecule has 0 aromatic rings. The Morgan fingerprint density at radius 2 is 1.83 bits per heavy atom. The van der Waals surface area contributed by atoms with Gasteiger partial charge in [-0.25, -0.2) is 0 Å². The number of carbonyl (C=O) groups excluding carboxylic acids is 1. The number of Topliss-reactive ketones (excluding diaryl/α,β-unsaturated/α-hetero) is 1. The van der Waals surface area contributed by atoms with Gasteiger partial charge in [0.1, 0.15) is 5.78 Å². The van der Waals surface area contributed by atoms with E-state index in [9.17, 15) is 4.79 Å². The van der Waals surface area contributed by atoms with Gasteiger partial charge in [-0.3, -0.25) is 4.79 Å². The zero-order chi connectivity index (χ0) is 9.61. The molecule has 0 saturated carbocycles. The smallest absolute Gasteiger partial charge is 0.138 e. The van der Waals surface area contributed by atoms with Crippen LogP contribution < -0.4 is 0 Å². The average molecular weight is 172 g/mol. The van der Waals surface area contributed by atoms with E-state index in [1.165, 1.54) is 0 Å². The summed E-state index contributed by atoms with van der Waals surface area (Å²) in [6, 6.07) is 0. The molecule has 0 aliphatic heterocycles. The lowest BCUT2D eigenvalue weighted by atomic mass is 9.88. The molecule has 0 fully saturated rings. The van der Waals surface area contributed by atoms with Crippen molar-refractivity contribution in [3.05, 3.63) is 0 Å². The summed E-state index contributed by atoms with van der Waals surface area (Å²) in [5.41, 5.74) is -0.174. The van der Waals surface area contributed by atoms with Crippen molar-refractivity contribution in [2.24, 2.45) is 5.41 Å². The fourth-order valence-electron chi connectivity index (χ4n) is 0.907. The lowest BCUT2D eigenvalue weighted by Gasteiger charge is -2.15. The highest BCUT2D eigenvalue weighted by Crippen LogP contribution is 2.17. The van der Waals surface area contributed by atoms with Crippen LogP contribution in [-0.4, -0.2) is 19.5 Å². The Morgan fingerprint density at radius 3 is 2.25 bits per heavy atom. The number of hydrogen-bond acceptors (Lipinski definition) is 2. The number of carbonyl (C=O) groups is 1. The maximum absolute atomic E-state index is 11.4. The third kappa shape index (κ3) is 5.30. The Bertz CT molecular complexity index is 133. The fourth-order valence-corrected chi connectivity index (χ4v) is 0.907. The molecule has 0 aromatic heterocycles. The fraction of sp³-hybridized carbons (Fsp3) is 0.900. The largest absolute Gasteiger partial charge is 0.385 e. The van der Waals surface area contributed by atoms with E-state index in [-0.39, 0.29) is 5.41 Å². The predicted molar refractivity (Wildman–Crippen MR) is 50.2 cm³/mol. The van der Waals surface area contributed by atoms with Gasteiger partial charge in [-0.2, -0.15) is 0 Å². The number of methoxy groups -OCH3 is 1. The zero-order valence-electron chi connectivity index (χ0n) is 8.64. The molecule has 0 aromatic carbocycles. The SMILES string of the molecule is COCCCCC(=O)C(C)(C)C. The quantitative estimate of drug-likeness (QED) is 0.595. The van der Waals surface area contributed by atoms with Crippen molar-refractivity contribution < 1.29 is 9.53 Å². The number of unbranched alkanes of at least 4 members (excludes halogenated alkanes) is 1. The molecule has 12 heavy (non-hydrogen) atoms. The van der Waals surface area contributed by atoms with E-state index in [1.54, 1.807) is 7.11 Å². The summed E-state index contributed by atoms with van der Waals surface area (Å²) in [6.45, 7) is 6.65. The van der Waals surface area contributed by atoms with Crippen molar-refractivity contribution in [1.29, 1.82) is 0 Å². The molecular formula is C10H20O2. The topological polar surface area (TPSA) is 26.3 Å². The van der Waals surface area contributed by atoms with Crippen LogP contribution >= 0.6 is 0 Å². The highest BCUT2D eigenvalue weighted by atomic mass is 16.5. The van der Waals surface area contributed by atoms with Gasteiger partial charge in [0, 0.05) is 25.6 Å². The van der Waals surface area contributed by atoms with Crippen LogP contribution in [0.25, 0.3) is 0 Å². The van der Waals surface area contributed by atoms with E-state index in [0.717, 1.165) is 19.4 Å². The van der Waals surface area contributed by atoms with Crippen LogP contribution in [0.1, 0.15) is 40.0 Å². The highest BCUT2D eigenvalue weighted by molar-refractivity contribution is 5.83. The van der Waals surface area contributed by atoms with E-state index >= 15 is 0 Å². The summed E-state index contributed by atoms with van der Waals surface area (Å²) in [5, 5.41) is 0. The van der Waals surface area contributed by atoms with Crippen molar-refractivity contribution in [3.63, 3.8) is 0 Å². The zero-order valence-corrected chi connectivity index (χ0v) is 8.64. The van der Waals surface area contributed by atoms with Crippen LogP contribution in [0.2, 0.25) is 0 Å². The standard InChI is InChI=1S/C10H20O2/c1-10(2,3)9(11)7-5-6-8-12-4/h5-8H2,1-4H3. The van der Waals surface area contributed by atoms with Gasteiger partial charge in [-0.1, -0.05) is 20.8 Å². The van der Waals surface area contributed by atoms with Crippen molar-refractivity contribution >= 4 is 5.78 Å². The summed E-state index contributed by atoms with van der Waals surface area (Å²) >= 11 is 0. The first-order valence-corrected chi connectivity index (χ1v) is 4.50. The molecule has 0 aliphatic carbocycles. The van der Waals surface area contributed by atoms with Crippen LogP contribution in [0.4, 0.5) is 0 Å². The second kappa shape index (κ2) is 5.31. The normalized spacial score (nSPS) is 11.7. The van der Waals surface area contributed by atoms with Gasteiger partial charge >= 0.3 is 0 Å². The van der Waals surface area contributed by atoms with Gasteiger partial charge in [0.15, 0.2) is 0 Å². The molecule has 0 rings (SSSR count). The van der Waals surface area contributed by atoms with Crippen molar-refractivity contribution in [3.8, 4) is 0 Å². The Balaban J connectivity index is 3.45. The number of hydrogen-bond donors (Lipinski definition) is 0. The highest BCUT2D eigenvalue weighted by Gasteiger charge is 2.19. The minimum Gasteiger partial charge on any atom is -0.385 e. The molecule has 0 atom stereocenters. The number of rotatable bonds is 5. The Kier molecular flexibility index (Phi) is 5.14. The lowest BCUT2D eigenvalue weighted by molar-refractivity contribution is -0.126. The second-order valence-corrected chi connectivity index (χ2v) is 4.12. The van der Waals surface area contributed by atoms with Crippen LogP contribution in [0, 0.1) is 5.41 Å². The third-order valence-electron chi connectivity index (χ3n) is 1.84. The van der Waals surface area contributed by atoms with Gasteiger partial charge in [-0.05, 0) is 12.8 Å². The molecule has 0 N–H and O–H groups in total. The molecule has 0 bridgehead atoms. The van der Waals surface area contributed by atoms with E-state index < -0.39 is 0 Å². The Morgan fingerprint density at radius 1 is 1.25 bits per heavy atom. The van der Waals surface area contributed by atoms with Crippen LogP contribution in [-0.2, 0) is 9.53 Å². The molecule has 72 valence electrons. The van der Waals surface area contributed by atoms with Gasteiger partial charge in [0.2, 0.25) is 0 Å². The second-order valence-electron chi connectivity index (χ2n) is 4.12. The third-order valence-corrected chi connectivity index (χ3v) is 1.84. The molecule has 0 spiro atoms. The van der Waals surface area contributed by atoms with Gasteiger partial charge < -0.3 is 4.74 Å². The first-order chi connectivity index (χ1) is 5.48. The molecular weight excluding hydrogens is 152 g/mol. The van der Waals surface area contributed by atoms with Gasteiger partial charge in [0.05, 0.1) is 0 Å². The van der Waals surface area contributed by atoms with Crippen LogP contribution in [0.3, 0.4) is 0 Å². The molecule has 0 aliphatic rings. The number of ketones is 1. The molecule has 2 heteroatoms. The van der Waals surface area contributed by atoms with E-state index in [1.807, 2.05) is 20.8 Å². The minimum absolute atomic E-state index is 0.174. The molecule has 0 amide bonds. The van der Waals surface area contributed by atoms with Crippen molar-refractivity contribution in [1.82, 2.24) is 0 Å². The molecule has 0 radical (unpaired) electrons. The lowest BCUT2D eigenvalue weighted by Crippen LogP contribution is -2.19. The first-order valence-electron chi connectivity index (χ1n) is 4.50. The van der Waals surface area contributed by atoms with Gasteiger partial charge in [0.25, 0.3) is 0 Å². The average Bonchev–Trinajstić information content (AvgIpc) is 1.96. The molecule has 0 saturated heterocycles. The summed E-state index contributed by atoms with van der Waals surface area (Å²) in [5.74, 6) is 0.346. The Hall–Kier alpha value is -0.370. The summed E-state index contributed by atoms with van der Waals surface area (Å²) in [4.78, 5) is 11.4. The summed E-state index contributed by atoms with van der Waals surface area (Å²) in [7, 11) is 1.69. The van der Waals surface area contributed by atoms with E-state index in [2.05, 4.69) is 0 Å². The minimum atomic E-state index is -0.174. The molecule has 0 heterocycles. The molecule has 2 nitrogen and oxygen atoms in total.